The van der Waals surface area contributed by atoms with Gasteiger partial charge in [-0.05, 0) is 18.2 Å². The molecular formula is C18H29N3O4. The fourth-order valence-corrected chi connectivity index (χ4v) is 2.98. The van der Waals surface area contributed by atoms with E-state index in [1.165, 1.54) is 0 Å². The van der Waals surface area contributed by atoms with Gasteiger partial charge in [0.15, 0.2) is 0 Å². The Morgan fingerprint density at radius 3 is 2.64 bits per heavy atom. The average Bonchev–Trinajstić information content (AvgIpc) is 2.66. The van der Waals surface area contributed by atoms with Crippen LogP contribution in [0.25, 0.3) is 0 Å². The van der Waals surface area contributed by atoms with E-state index in [-0.39, 0.29) is 12.5 Å². The lowest BCUT2D eigenvalue weighted by atomic mass is 10.1. The Bertz CT molecular complexity index is 547. The maximum absolute atomic E-state index is 12.3. The topological polar surface area (TPSA) is 74.3 Å². The van der Waals surface area contributed by atoms with E-state index < -0.39 is 0 Å². The fourth-order valence-electron chi connectivity index (χ4n) is 2.98. The first-order valence-corrected chi connectivity index (χ1v) is 8.70. The maximum atomic E-state index is 12.3. The van der Waals surface area contributed by atoms with E-state index in [1.807, 2.05) is 23.1 Å². The molecule has 1 saturated heterocycles. The van der Waals surface area contributed by atoms with Crippen LogP contribution in [0.4, 0.5) is 0 Å². The fraction of sp³-hybridized carbons (Fsp3) is 0.611. The number of amides is 1. The number of hydrogen-bond donors (Lipinski definition) is 2. The van der Waals surface area contributed by atoms with Crippen molar-refractivity contribution in [3.05, 3.63) is 23.8 Å². The summed E-state index contributed by atoms with van der Waals surface area (Å²) in [5.41, 5.74) is 0.977. The van der Waals surface area contributed by atoms with Crippen molar-refractivity contribution in [3.63, 3.8) is 0 Å². The average molecular weight is 351 g/mol. The molecular weight excluding hydrogens is 322 g/mol. The molecule has 0 radical (unpaired) electrons. The zero-order chi connectivity index (χ0) is 18.1. The van der Waals surface area contributed by atoms with Gasteiger partial charge < -0.3 is 24.8 Å². The molecule has 1 amide bonds. The first-order chi connectivity index (χ1) is 12.2. The number of carbonyl (C=O) groups excluding carboxylic acids is 1. The molecule has 1 aliphatic rings. The molecule has 0 aromatic heterocycles. The molecule has 1 aromatic rings. The Morgan fingerprint density at radius 1 is 1.24 bits per heavy atom. The monoisotopic (exact) mass is 351 g/mol. The number of nitrogens with one attached hydrogen (secondary N) is 1. The van der Waals surface area contributed by atoms with E-state index in [0.29, 0.717) is 26.1 Å². The van der Waals surface area contributed by atoms with Crippen LogP contribution in [0, 0.1) is 0 Å². The number of benzene rings is 1. The predicted octanol–water partition coefficient (Wildman–Crippen LogP) is 0.320. The van der Waals surface area contributed by atoms with Crippen molar-refractivity contribution in [2.24, 2.45) is 0 Å². The minimum atomic E-state index is 0.0497. The van der Waals surface area contributed by atoms with Gasteiger partial charge in [-0.25, -0.2) is 0 Å². The second kappa shape index (κ2) is 10.2. The van der Waals surface area contributed by atoms with Crippen LogP contribution in [-0.2, 0) is 11.3 Å². The number of rotatable bonds is 9. The number of aliphatic hydroxyl groups is 1. The number of methoxy groups -OCH3 is 2. The predicted molar refractivity (Wildman–Crippen MR) is 96.0 cm³/mol. The number of piperazine rings is 1. The van der Waals surface area contributed by atoms with Gasteiger partial charge in [0.1, 0.15) is 11.5 Å². The number of aliphatic hydroxyl groups excluding tert-OH is 1. The minimum Gasteiger partial charge on any atom is -0.497 e. The van der Waals surface area contributed by atoms with Crippen molar-refractivity contribution in [3.8, 4) is 11.5 Å². The van der Waals surface area contributed by atoms with E-state index in [9.17, 15) is 9.90 Å². The second-order valence-electron chi connectivity index (χ2n) is 6.06. The smallest absolute Gasteiger partial charge is 0.223 e. The molecule has 7 heteroatoms. The normalized spacial score (nSPS) is 14.6. The Labute approximate surface area is 149 Å². The summed E-state index contributed by atoms with van der Waals surface area (Å²) in [5.74, 6) is 1.70. The lowest BCUT2D eigenvalue weighted by Crippen LogP contribution is -2.47. The zero-order valence-corrected chi connectivity index (χ0v) is 15.2. The molecule has 2 rings (SSSR count). The van der Waals surface area contributed by atoms with Gasteiger partial charge in [-0.1, -0.05) is 0 Å². The van der Waals surface area contributed by atoms with Crippen LogP contribution in [-0.4, -0.2) is 80.9 Å². The van der Waals surface area contributed by atoms with Gasteiger partial charge in [-0.3, -0.25) is 9.69 Å². The highest BCUT2D eigenvalue weighted by atomic mass is 16.5. The zero-order valence-electron chi connectivity index (χ0n) is 15.2. The number of ether oxygens (including phenoxy) is 2. The second-order valence-corrected chi connectivity index (χ2v) is 6.06. The third-order valence-electron chi connectivity index (χ3n) is 4.41. The first-order valence-electron chi connectivity index (χ1n) is 8.70. The van der Waals surface area contributed by atoms with Crippen LogP contribution in [0.5, 0.6) is 11.5 Å². The number of carbonyl (C=O) groups is 1. The minimum absolute atomic E-state index is 0.0497. The van der Waals surface area contributed by atoms with Gasteiger partial charge in [0.05, 0.1) is 20.8 Å². The highest BCUT2D eigenvalue weighted by Gasteiger charge is 2.18. The molecule has 25 heavy (non-hydrogen) atoms. The molecule has 7 nitrogen and oxygen atoms in total. The van der Waals surface area contributed by atoms with E-state index in [1.54, 1.807) is 14.2 Å². The van der Waals surface area contributed by atoms with E-state index in [0.717, 1.165) is 43.2 Å². The highest BCUT2D eigenvalue weighted by molar-refractivity contribution is 5.76. The summed E-state index contributed by atoms with van der Waals surface area (Å²) in [6, 6.07) is 5.66. The highest BCUT2D eigenvalue weighted by Crippen LogP contribution is 2.25. The Hall–Kier alpha value is -1.83. The number of hydrogen-bond acceptors (Lipinski definition) is 6. The molecule has 0 atom stereocenters. The molecule has 2 N–H and O–H groups in total. The van der Waals surface area contributed by atoms with Crippen molar-refractivity contribution < 1.29 is 19.4 Å². The van der Waals surface area contributed by atoms with Crippen LogP contribution in [0.2, 0.25) is 0 Å². The van der Waals surface area contributed by atoms with Gasteiger partial charge >= 0.3 is 0 Å². The van der Waals surface area contributed by atoms with E-state index in [4.69, 9.17) is 9.47 Å². The summed E-state index contributed by atoms with van der Waals surface area (Å²) < 4.78 is 10.7. The lowest BCUT2D eigenvalue weighted by Gasteiger charge is -2.29. The third kappa shape index (κ3) is 5.88. The quantitative estimate of drug-likeness (QED) is 0.668. The van der Waals surface area contributed by atoms with Crippen molar-refractivity contribution in [2.75, 3.05) is 60.1 Å². The summed E-state index contributed by atoms with van der Waals surface area (Å²) >= 11 is 0. The van der Waals surface area contributed by atoms with Crippen molar-refractivity contribution >= 4 is 5.91 Å². The van der Waals surface area contributed by atoms with Gasteiger partial charge in [0.2, 0.25) is 5.91 Å². The van der Waals surface area contributed by atoms with Crippen LogP contribution in [0.1, 0.15) is 12.0 Å². The molecule has 0 aliphatic carbocycles. The van der Waals surface area contributed by atoms with Gasteiger partial charge in [0.25, 0.3) is 0 Å². The molecule has 1 aromatic carbocycles. The van der Waals surface area contributed by atoms with Crippen molar-refractivity contribution in [2.45, 2.75) is 13.0 Å². The van der Waals surface area contributed by atoms with Crippen LogP contribution in [0.3, 0.4) is 0 Å². The summed E-state index contributed by atoms with van der Waals surface area (Å²) in [7, 11) is 3.26. The number of nitrogens with zero attached hydrogens (tertiary/aromatic N) is 2. The summed E-state index contributed by atoms with van der Waals surface area (Å²) in [5, 5.41) is 12.6. The SMILES string of the molecule is COc1ccc(OC)c(CN(CCO)CCC(=O)N2CCNCC2)c1. The van der Waals surface area contributed by atoms with E-state index >= 15 is 0 Å². The Kier molecular flexibility index (Phi) is 7.97. The summed E-state index contributed by atoms with van der Waals surface area (Å²) in [6.45, 7) is 4.99. The first kappa shape index (κ1) is 19.5. The summed E-state index contributed by atoms with van der Waals surface area (Å²) in [4.78, 5) is 16.3. The van der Waals surface area contributed by atoms with Gasteiger partial charge in [-0.2, -0.15) is 0 Å². The molecule has 1 fully saturated rings. The molecule has 1 heterocycles. The molecule has 0 bridgehead atoms. The largest absolute Gasteiger partial charge is 0.497 e. The van der Waals surface area contributed by atoms with E-state index in [2.05, 4.69) is 10.2 Å². The molecule has 0 unspecified atom stereocenters. The van der Waals surface area contributed by atoms with Crippen molar-refractivity contribution in [1.82, 2.24) is 15.1 Å². The lowest BCUT2D eigenvalue weighted by molar-refractivity contribution is -0.132. The Morgan fingerprint density at radius 2 is 2.00 bits per heavy atom. The van der Waals surface area contributed by atoms with Crippen molar-refractivity contribution in [1.29, 1.82) is 0 Å². The standard InChI is InChI=1S/C18H29N3O4/c1-24-16-3-4-17(25-2)15(13-16)14-20(11-12-22)8-5-18(23)21-9-6-19-7-10-21/h3-4,13,19,22H,5-12,14H2,1-2H3. The van der Waals surface area contributed by atoms with Crippen LogP contribution < -0.4 is 14.8 Å². The molecule has 0 spiro atoms. The van der Waals surface area contributed by atoms with Crippen LogP contribution >= 0.6 is 0 Å². The third-order valence-corrected chi connectivity index (χ3v) is 4.41. The van der Waals surface area contributed by atoms with Gasteiger partial charge in [-0.15, -0.1) is 0 Å². The molecule has 1 aliphatic heterocycles. The maximum Gasteiger partial charge on any atom is 0.223 e. The summed E-state index contributed by atoms with van der Waals surface area (Å²) in [6.07, 6.45) is 0.451. The molecule has 140 valence electrons. The Balaban J connectivity index is 1.96. The molecule has 0 saturated carbocycles. The van der Waals surface area contributed by atoms with Crippen LogP contribution in [0.15, 0.2) is 18.2 Å². The van der Waals surface area contributed by atoms with Gasteiger partial charge in [0, 0.05) is 57.8 Å².